The normalized spacial score (nSPS) is 9.67. The van der Waals surface area contributed by atoms with Crippen molar-refractivity contribution in [3.05, 3.63) is 29.3 Å². The van der Waals surface area contributed by atoms with Gasteiger partial charge in [-0.2, -0.15) is 5.26 Å². The molecule has 1 aromatic carbocycles. The van der Waals surface area contributed by atoms with Crippen LogP contribution in [0.5, 0.6) is 5.75 Å². The summed E-state index contributed by atoms with van der Waals surface area (Å²) in [7, 11) is 0. The van der Waals surface area contributed by atoms with Crippen molar-refractivity contribution in [2.45, 2.75) is 13.8 Å². The van der Waals surface area contributed by atoms with Crippen LogP contribution in [-0.2, 0) is 4.74 Å². The molecule has 0 spiro atoms. The van der Waals surface area contributed by atoms with Crippen LogP contribution in [0.1, 0.15) is 18.1 Å². The molecule has 0 fully saturated rings. The van der Waals surface area contributed by atoms with Gasteiger partial charge in [0.1, 0.15) is 12.4 Å². The number of rotatable bonds is 5. The minimum Gasteiger partial charge on any atom is -0.491 e. The van der Waals surface area contributed by atoms with E-state index < -0.39 is 0 Å². The fourth-order valence-corrected chi connectivity index (χ4v) is 1.18. The number of ether oxygens (including phenoxy) is 2. The topological polar surface area (TPSA) is 42.2 Å². The summed E-state index contributed by atoms with van der Waals surface area (Å²) in [5.74, 6) is 0.758. The van der Waals surface area contributed by atoms with Crippen LogP contribution < -0.4 is 4.74 Å². The van der Waals surface area contributed by atoms with Gasteiger partial charge in [-0.3, -0.25) is 0 Å². The quantitative estimate of drug-likeness (QED) is 0.692. The van der Waals surface area contributed by atoms with Gasteiger partial charge >= 0.3 is 0 Å². The molecule has 15 heavy (non-hydrogen) atoms. The molecule has 1 rings (SSSR count). The SMILES string of the molecule is CCOCCOc1cc(C#N)ccc1C. The minimum atomic E-state index is 0.517. The third-order valence-electron chi connectivity index (χ3n) is 2.01. The number of hydrogen-bond donors (Lipinski definition) is 0. The van der Waals surface area contributed by atoms with Gasteiger partial charge < -0.3 is 9.47 Å². The number of nitrogens with zero attached hydrogens (tertiary/aromatic N) is 1. The number of nitriles is 1. The van der Waals surface area contributed by atoms with Crippen molar-refractivity contribution in [2.24, 2.45) is 0 Å². The van der Waals surface area contributed by atoms with Gasteiger partial charge in [0.15, 0.2) is 0 Å². The fourth-order valence-electron chi connectivity index (χ4n) is 1.18. The molecule has 0 saturated heterocycles. The van der Waals surface area contributed by atoms with Crippen LogP contribution in [0, 0.1) is 18.3 Å². The largest absolute Gasteiger partial charge is 0.491 e. The third-order valence-corrected chi connectivity index (χ3v) is 2.01. The number of benzene rings is 1. The Balaban J connectivity index is 2.56. The van der Waals surface area contributed by atoms with E-state index in [-0.39, 0.29) is 0 Å². The monoisotopic (exact) mass is 205 g/mol. The summed E-state index contributed by atoms with van der Waals surface area (Å²) >= 11 is 0. The summed E-state index contributed by atoms with van der Waals surface area (Å²) in [5, 5.41) is 8.73. The number of aryl methyl sites for hydroxylation is 1. The second kappa shape index (κ2) is 6.05. The van der Waals surface area contributed by atoms with Gasteiger partial charge in [-0.1, -0.05) is 6.07 Å². The molecule has 1 aromatic rings. The van der Waals surface area contributed by atoms with Gasteiger partial charge in [-0.05, 0) is 31.5 Å². The van der Waals surface area contributed by atoms with Crippen LogP contribution in [0.15, 0.2) is 18.2 Å². The zero-order chi connectivity index (χ0) is 11.1. The van der Waals surface area contributed by atoms with Crippen LogP contribution in [0.3, 0.4) is 0 Å². The van der Waals surface area contributed by atoms with Crippen molar-refractivity contribution in [1.29, 1.82) is 5.26 Å². The molecule has 0 radical (unpaired) electrons. The molecule has 3 nitrogen and oxygen atoms in total. The molecule has 80 valence electrons. The highest BCUT2D eigenvalue weighted by Crippen LogP contribution is 2.18. The lowest BCUT2D eigenvalue weighted by Crippen LogP contribution is -2.07. The van der Waals surface area contributed by atoms with Crippen molar-refractivity contribution < 1.29 is 9.47 Å². The maximum atomic E-state index is 8.73. The van der Waals surface area contributed by atoms with Gasteiger partial charge in [0.2, 0.25) is 0 Å². The standard InChI is InChI=1S/C12H15NO2/c1-3-14-6-7-15-12-8-11(9-13)5-4-10(12)2/h4-5,8H,3,6-7H2,1-2H3. The van der Waals surface area contributed by atoms with Gasteiger partial charge in [0.25, 0.3) is 0 Å². The van der Waals surface area contributed by atoms with Gasteiger partial charge in [-0.15, -0.1) is 0 Å². The summed E-state index contributed by atoms with van der Waals surface area (Å²) in [6, 6.07) is 7.50. The van der Waals surface area contributed by atoms with Gasteiger partial charge in [-0.25, -0.2) is 0 Å². The predicted octanol–water partition coefficient (Wildman–Crippen LogP) is 2.28. The lowest BCUT2D eigenvalue weighted by atomic mass is 10.1. The zero-order valence-electron chi connectivity index (χ0n) is 9.12. The summed E-state index contributed by atoms with van der Waals surface area (Å²) in [6.45, 7) is 5.69. The predicted molar refractivity (Wildman–Crippen MR) is 57.9 cm³/mol. The molecule has 3 heteroatoms. The molecular weight excluding hydrogens is 190 g/mol. The number of hydrogen-bond acceptors (Lipinski definition) is 3. The molecule has 0 saturated carbocycles. The molecule has 0 N–H and O–H groups in total. The molecule has 0 amide bonds. The van der Waals surface area contributed by atoms with Crippen LogP contribution in [0.2, 0.25) is 0 Å². The Kier molecular flexibility index (Phi) is 4.65. The third kappa shape index (κ3) is 3.61. The van der Waals surface area contributed by atoms with E-state index in [1.165, 1.54) is 0 Å². The molecular formula is C12H15NO2. The maximum Gasteiger partial charge on any atom is 0.123 e. The van der Waals surface area contributed by atoms with E-state index in [2.05, 4.69) is 6.07 Å². The Morgan fingerprint density at radius 2 is 2.13 bits per heavy atom. The lowest BCUT2D eigenvalue weighted by molar-refractivity contribution is 0.110. The van der Waals surface area contributed by atoms with Crippen LogP contribution >= 0.6 is 0 Å². The van der Waals surface area contributed by atoms with Crippen LogP contribution in [0.25, 0.3) is 0 Å². The first-order valence-electron chi connectivity index (χ1n) is 4.99. The van der Waals surface area contributed by atoms with Crippen molar-refractivity contribution in [3.63, 3.8) is 0 Å². The molecule has 0 aliphatic rings. The molecule has 0 heterocycles. The van der Waals surface area contributed by atoms with E-state index in [1.807, 2.05) is 19.9 Å². The first-order chi connectivity index (χ1) is 7.27. The molecule has 0 aliphatic heterocycles. The Hall–Kier alpha value is -1.53. The summed E-state index contributed by atoms with van der Waals surface area (Å²) in [4.78, 5) is 0. The summed E-state index contributed by atoms with van der Waals surface area (Å²) < 4.78 is 10.7. The average Bonchev–Trinajstić information content (AvgIpc) is 2.26. The lowest BCUT2D eigenvalue weighted by Gasteiger charge is -2.08. The Morgan fingerprint density at radius 3 is 2.80 bits per heavy atom. The molecule has 0 aromatic heterocycles. The fraction of sp³-hybridized carbons (Fsp3) is 0.417. The second-order valence-corrected chi connectivity index (χ2v) is 3.14. The van der Waals surface area contributed by atoms with E-state index in [0.29, 0.717) is 25.4 Å². The maximum absolute atomic E-state index is 8.73. The van der Waals surface area contributed by atoms with Crippen LogP contribution in [0.4, 0.5) is 0 Å². The Labute approximate surface area is 90.2 Å². The smallest absolute Gasteiger partial charge is 0.123 e. The minimum absolute atomic E-state index is 0.517. The van der Waals surface area contributed by atoms with E-state index in [0.717, 1.165) is 11.3 Å². The van der Waals surface area contributed by atoms with Crippen LogP contribution in [-0.4, -0.2) is 19.8 Å². The average molecular weight is 205 g/mol. The van der Waals surface area contributed by atoms with E-state index in [1.54, 1.807) is 12.1 Å². The molecule has 0 bridgehead atoms. The Bertz CT molecular complexity index is 355. The zero-order valence-corrected chi connectivity index (χ0v) is 9.12. The van der Waals surface area contributed by atoms with Crippen molar-refractivity contribution in [2.75, 3.05) is 19.8 Å². The summed E-state index contributed by atoms with van der Waals surface area (Å²) in [6.07, 6.45) is 0. The second-order valence-electron chi connectivity index (χ2n) is 3.14. The van der Waals surface area contributed by atoms with Gasteiger partial charge in [0.05, 0.1) is 18.2 Å². The highest BCUT2D eigenvalue weighted by Gasteiger charge is 2.00. The van der Waals surface area contributed by atoms with Crippen molar-refractivity contribution >= 4 is 0 Å². The van der Waals surface area contributed by atoms with E-state index >= 15 is 0 Å². The first kappa shape index (κ1) is 11.5. The van der Waals surface area contributed by atoms with Crippen molar-refractivity contribution in [1.82, 2.24) is 0 Å². The molecule has 0 atom stereocenters. The summed E-state index contributed by atoms with van der Waals surface area (Å²) in [5.41, 5.74) is 1.65. The van der Waals surface area contributed by atoms with Gasteiger partial charge in [0, 0.05) is 6.61 Å². The first-order valence-corrected chi connectivity index (χ1v) is 4.99. The molecule has 0 aliphatic carbocycles. The van der Waals surface area contributed by atoms with Crippen molar-refractivity contribution in [3.8, 4) is 11.8 Å². The Morgan fingerprint density at radius 1 is 1.33 bits per heavy atom. The highest BCUT2D eigenvalue weighted by atomic mass is 16.5. The molecule has 0 unspecified atom stereocenters. The van der Waals surface area contributed by atoms with E-state index in [4.69, 9.17) is 14.7 Å². The highest BCUT2D eigenvalue weighted by molar-refractivity contribution is 5.41. The van der Waals surface area contributed by atoms with E-state index in [9.17, 15) is 0 Å².